The summed E-state index contributed by atoms with van der Waals surface area (Å²) < 4.78 is 17.7. The Balaban J connectivity index is 1.74. The van der Waals surface area contributed by atoms with Gasteiger partial charge in [0, 0.05) is 6.42 Å². The first-order chi connectivity index (χ1) is 11.4. The number of carbonyl (C=O) groups excluding carboxylic acids is 2. The van der Waals surface area contributed by atoms with Gasteiger partial charge in [0.1, 0.15) is 5.82 Å². The first kappa shape index (κ1) is 17.9. The van der Waals surface area contributed by atoms with Crippen LogP contribution in [-0.4, -0.2) is 18.5 Å². The minimum absolute atomic E-state index is 0.115. The van der Waals surface area contributed by atoms with Crippen LogP contribution in [0.5, 0.6) is 0 Å². The molecule has 2 rings (SSSR count). The van der Waals surface area contributed by atoms with Crippen molar-refractivity contribution in [1.82, 2.24) is 0 Å². The molecule has 0 radical (unpaired) electrons. The van der Waals surface area contributed by atoms with Crippen LogP contribution in [0.1, 0.15) is 17.5 Å². The number of anilines is 1. The smallest absolute Gasteiger partial charge is 0.306 e. The van der Waals surface area contributed by atoms with Crippen molar-refractivity contribution >= 4 is 29.2 Å². The summed E-state index contributed by atoms with van der Waals surface area (Å²) in [6.45, 7) is 1.51. The van der Waals surface area contributed by atoms with Crippen LogP contribution in [0.3, 0.4) is 0 Å². The molecular formula is C18H17ClFNO3. The molecule has 0 saturated carbocycles. The Morgan fingerprint density at radius 1 is 1.17 bits per heavy atom. The normalized spacial score (nSPS) is 10.3. The highest BCUT2D eigenvalue weighted by molar-refractivity contribution is 6.33. The monoisotopic (exact) mass is 349 g/mol. The molecular weight excluding hydrogens is 333 g/mol. The van der Waals surface area contributed by atoms with Gasteiger partial charge in [0.25, 0.3) is 5.91 Å². The predicted molar refractivity (Wildman–Crippen MR) is 90.5 cm³/mol. The van der Waals surface area contributed by atoms with Gasteiger partial charge in [-0.2, -0.15) is 0 Å². The number of rotatable bonds is 6. The van der Waals surface area contributed by atoms with Crippen molar-refractivity contribution in [2.45, 2.75) is 19.8 Å². The van der Waals surface area contributed by atoms with E-state index < -0.39 is 11.9 Å². The second kappa shape index (κ2) is 8.45. The fourth-order valence-electron chi connectivity index (χ4n) is 2.02. The van der Waals surface area contributed by atoms with E-state index in [1.54, 1.807) is 24.3 Å². The summed E-state index contributed by atoms with van der Waals surface area (Å²) in [5.41, 5.74) is 2.27. The molecule has 0 fully saturated rings. The van der Waals surface area contributed by atoms with Crippen molar-refractivity contribution in [3.63, 3.8) is 0 Å². The van der Waals surface area contributed by atoms with Gasteiger partial charge in [0.2, 0.25) is 0 Å². The van der Waals surface area contributed by atoms with E-state index >= 15 is 0 Å². The molecule has 0 aliphatic carbocycles. The lowest BCUT2D eigenvalue weighted by molar-refractivity contribution is -0.147. The molecule has 0 spiro atoms. The van der Waals surface area contributed by atoms with E-state index in [9.17, 15) is 14.0 Å². The predicted octanol–water partition coefficient (Wildman–Crippen LogP) is 3.90. The summed E-state index contributed by atoms with van der Waals surface area (Å²) in [6.07, 6.45) is 0.536. The topological polar surface area (TPSA) is 55.4 Å². The van der Waals surface area contributed by atoms with E-state index in [4.69, 9.17) is 16.3 Å². The van der Waals surface area contributed by atoms with Crippen molar-refractivity contribution in [2.75, 3.05) is 11.9 Å². The van der Waals surface area contributed by atoms with E-state index in [0.29, 0.717) is 17.1 Å². The van der Waals surface area contributed by atoms with Crippen LogP contribution in [0, 0.1) is 12.7 Å². The summed E-state index contributed by atoms with van der Waals surface area (Å²) in [4.78, 5) is 23.4. The molecule has 2 aromatic carbocycles. The highest BCUT2D eigenvalue weighted by atomic mass is 35.5. The van der Waals surface area contributed by atoms with Crippen molar-refractivity contribution in [3.8, 4) is 0 Å². The number of hydrogen-bond donors (Lipinski definition) is 1. The molecule has 1 N–H and O–H groups in total. The van der Waals surface area contributed by atoms with Crippen LogP contribution >= 0.6 is 11.6 Å². The largest absolute Gasteiger partial charge is 0.456 e. The van der Waals surface area contributed by atoms with Crippen molar-refractivity contribution in [2.24, 2.45) is 0 Å². The number of benzene rings is 2. The fourth-order valence-corrected chi connectivity index (χ4v) is 2.31. The van der Waals surface area contributed by atoms with Crippen LogP contribution in [0.15, 0.2) is 42.5 Å². The zero-order valence-corrected chi connectivity index (χ0v) is 13.9. The van der Waals surface area contributed by atoms with Crippen LogP contribution in [0.25, 0.3) is 0 Å². The lowest BCUT2D eigenvalue weighted by atomic mass is 10.1. The van der Waals surface area contributed by atoms with Gasteiger partial charge in [-0.1, -0.05) is 29.8 Å². The van der Waals surface area contributed by atoms with Gasteiger partial charge < -0.3 is 10.1 Å². The highest BCUT2D eigenvalue weighted by Crippen LogP contribution is 2.22. The third kappa shape index (κ3) is 5.66. The van der Waals surface area contributed by atoms with Gasteiger partial charge in [-0.3, -0.25) is 9.59 Å². The first-order valence-electron chi connectivity index (χ1n) is 7.40. The molecule has 6 heteroatoms. The molecule has 0 bridgehead atoms. The average molecular weight is 350 g/mol. The van der Waals surface area contributed by atoms with E-state index in [1.165, 1.54) is 12.1 Å². The number of ether oxygens (including phenoxy) is 1. The number of hydrogen-bond acceptors (Lipinski definition) is 3. The molecule has 126 valence electrons. The van der Waals surface area contributed by atoms with Crippen molar-refractivity contribution in [1.29, 1.82) is 0 Å². The Kier molecular flexibility index (Phi) is 6.32. The van der Waals surface area contributed by atoms with Gasteiger partial charge in [0.05, 0.1) is 10.7 Å². The molecule has 0 saturated heterocycles. The van der Waals surface area contributed by atoms with Crippen LogP contribution < -0.4 is 5.32 Å². The molecule has 0 atom stereocenters. The quantitative estimate of drug-likeness (QED) is 0.805. The first-order valence-corrected chi connectivity index (χ1v) is 7.78. The van der Waals surface area contributed by atoms with Crippen LogP contribution in [0.2, 0.25) is 5.02 Å². The van der Waals surface area contributed by atoms with Crippen LogP contribution in [0.4, 0.5) is 10.1 Å². The maximum Gasteiger partial charge on any atom is 0.306 e. The van der Waals surface area contributed by atoms with Gasteiger partial charge in [-0.25, -0.2) is 4.39 Å². The SMILES string of the molecule is Cc1ccc(NC(=O)COC(=O)CCc2ccc(F)cc2)c(Cl)c1. The molecule has 0 aliphatic heterocycles. The molecule has 0 unspecified atom stereocenters. The van der Waals surface area contributed by atoms with Crippen LogP contribution in [-0.2, 0) is 20.7 Å². The number of carbonyl (C=O) groups is 2. The van der Waals surface area contributed by atoms with E-state index in [2.05, 4.69) is 5.32 Å². The molecule has 1 amide bonds. The molecule has 0 aromatic heterocycles. The Morgan fingerprint density at radius 2 is 1.88 bits per heavy atom. The third-order valence-corrected chi connectivity index (χ3v) is 3.61. The summed E-state index contributed by atoms with van der Waals surface area (Å²) >= 11 is 6.02. The summed E-state index contributed by atoms with van der Waals surface area (Å²) in [7, 11) is 0. The number of amides is 1. The zero-order valence-electron chi connectivity index (χ0n) is 13.1. The molecule has 2 aromatic rings. The lowest BCUT2D eigenvalue weighted by Crippen LogP contribution is -2.21. The maximum atomic E-state index is 12.8. The molecule has 0 aliphatic rings. The number of halogens is 2. The minimum atomic E-state index is -0.496. The number of aryl methyl sites for hydroxylation is 2. The second-order valence-corrected chi connectivity index (χ2v) is 5.73. The van der Waals surface area contributed by atoms with E-state index in [0.717, 1.165) is 11.1 Å². The Labute approximate surface area is 144 Å². The Morgan fingerprint density at radius 3 is 2.54 bits per heavy atom. The second-order valence-electron chi connectivity index (χ2n) is 5.32. The van der Waals surface area contributed by atoms with Gasteiger partial charge in [-0.05, 0) is 48.7 Å². The summed E-state index contributed by atoms with van der Waals surface area (Å²) in [5, 5.41) is 3.01. The fraction of sp³-hybridized carbons (Fsp3) is 0.222. The third-order valence-electron chi connectivity index (χ3n) is 3.29. The standard InChI is InChI=1S/C18H17ClFNO3/c1-12-2-8-16(15(19)10-12)21-17(22)11-24-18(23)9-5-13-3-6-14(20)7-4-13/h2-4,6-8,10H,5,9,11H2,1H3,(H,21,22). The number of nitrogens with one attached hydrogen (secondary N) is 1. The Hall–Kier alpha value is -2.40. The molecule has 24 heavy (non-hydrogen) atoms. The van der Waals surface area contributed by atoms with Crippen molar-refractivity contribution < 1.29 is 18.7 Å². The van der Waals surface area contributed by atoms with E-state index in [-0.39, 0.29) is 18.8 Å². The lowest BCUT2D eigenvalue weighted by Gasteiger charge is -2.08. The number of esters is 1. The van der Waals surface area contributed by atoms with Gasteiger partial charge >= 0.3 is 5.97 Å². The minimum Gasteiger partial charge on any atom is -0.456 e. The van der Waals surface area contributed by atoms with Gasteiger partial charge in [0.15, 0.2) is 6.61 Å². The van der Waals surface area contributed by atoms with Gasteiger partial charge in [-0.15, -0.1) is 0 Å². The zero-order chi connectivity index (χ0) is 17.5. The average Bonchev–Trinajstić information content (AvgIpc) is 2.55. The molecule has 0 heterocycles. The van der Waals surface area contributed by atoms with E-state index in [1.807, 2.05) is 13.0 Å². The van der Waals surface area contributed by atoms with Crippen molar-refractivity contribution in [3.05, 3.63) is 64.4 Å². The summed E-state index contributed by atoms with van der Waals surface area (Å²) in [5.74, 6) is -1.28. The maximum absolute atomic E-state index is 12.8. The summed E-state index contributed by atoms with van der Waals surface area (Å²) in [6, 6.07) is 11.1. The highest BCUT2D eigenvalue weighted by Gasteiger charge is 2.10. The Bertz CT molecular complexity index is 732. The molecule has 4 nitrogen and oxygen atoms in total.